The third-order valence-corrected chi connectivity index (χ3v) is 4.02. The van der Waals surface area contributed by atoms with Gasteiger partial charge in [0.1, 0.15) is 29.5 Å². The van der Waals surface area contributed by atoms with Crippen LogP contribution >= 0.6 is 0 Å². The van der Waals surface area contributed by atoms with E-state index in [1.54, 1.807) is 0 Å². The van der Waals surface area contributed by atoms with Crippen LogP contribution in [0.3, 0.4) is 0 Å². The van der Waals surface area contributed by atoms with Gasteiger partial charge in [0.15, 0.2) is 0 Å². The Morgan fingerprint density at radius 2 is 1.00 bits per heavy atom. The van der Waals surface area contributed by atoms with Crippen LogP contribution in [0, 0.1) is 16.2 Å². The molecule has 0 aromatic heterocycles. The molecule has 6 N–H and O–H groups in total. The number of ether oxygens (including phenoxy) is 2. The van der Waals surface area contributed by atoms with Crippen LogP contribution in [-0.2, 0) is 23.9 Å². The van der Waals surface area contributed by atoms with Crippen LogP contribution in [0.4, 0.5) is 0 Å². The van der Waals surface area contributed by atoms with Crippen LogP contribution in [0.1, 0.15) is 20.8 Å². The molecule has 10 heteroatoms. The van der Waals surface area contributed by atoms with Crippen LogP contribution in [0.25, 0.3) is 0 Å². The summed E-state index contributed by atoms with van der Waals surface area (Å²) >= 11 is 0. The molecule has 0 unspecified atom stereocenters. The predicted octanol–water partition coefficient (Wildman–Crippen LogP) is -2.45. The van der Waals surface area contributed by atoms with Crippen molar-refractivity contribution in [3.63, 3.8) is 0 Å². The number of aliphatic hydroxyl groups excluding tert-OH is 4. The van der Waals surface area contributed by atoms with Gasteiger partial charge in [-0.05, 0) is 20.8 Å². The van der Waals surface area contributed by atoms with E-state index >= 15 is 0 Å². The molecule has 0 fully saturated rings. The lowest BCUT2D eigenvalue weighted by molar-refractivity contribution is -0.171. The highest BCUT2D eigenvalue weighted by Crippen LogP contribution is 2.24. The predicted molar refractivity (Wildman–Crippen MR) is 83.8 cm³/mol. The zero-order valence-corrected chi connectivity index (χ0v) is 14.7. The molecule has 0 spiro atoms. The Morgan fingerprint density at radius 3 is 1.20 bits per heavy atom. The van der Waals surface area contributed by atoms with Crippen molar-refractivity contribution < 1.29 is 44.3 Å². The summed E-state index contributed by atoms with van der Waals surface area (Å²) in [5.74, 6) is -2.82. The Hall–Kier alpha value is -1.75. The maximum Gasteiger partial charge on any atom is 0.316 e. The fourth-order valence-corrected chi connectivity index (χ4v) is 1.34. The maximum absolute atomic E-state index is 11.9. The van der Waals surface area contributed by atoms with Gasteiger partial charge in [-0.15, -0.1) is 0 Å². The van der Waals surface area contributed by atoms with E-state index in [2.05, 4.69) is 0 Å². The molecule has 0 radical (unpaired) electrons. The summed E-state index contributed by atoms with van der Waals surface area (Å²) < 4.78 is 9.87. The van der Waals surface area contributed by atoms with E-state index in [1.807, 2.05) is 0 Å². The number of primary amides is 1. The Labute approximate surface area is 145 Å². The fraction of sp³-hybridized carbons (Fsp3) is 0.800. The average molecular weight is 365 g/mol. The molecule has 0 aliphatic carbocycles. The summed E-state index contributed by atoms with van der Waals surface area (Å²) in [6, 6.07) is 0. The summed E-state index contributed by atoms with van der Waals surface area (Å²) in [6.45, 7) is 0.0337. The van der Waals surface area contributed by atoms with Crippen molar-refractivity contribution in [3.8, 4) is 0 Å². The minimum absolute atomic E-state index is 0.557. The van der Waals surface area contributed by atoms with Crippen LogP contribution in [0.15, 0.2) is 0 Å². The summed E-state index contributed by atoms with van der Waals surface area (Å²) in [7, 11) is 0. The van der Waals surface area contributed by atoms with E-state index in [1.165, 1.54) is 20.8 Å². The highest BCUT2D eigenvalue weighted by molar-refractivity contribution is 5.83. The first-order chi connectivity index (χ1) is 11.4. The Balaban J connectivity index is 5.01. The second kappa shape index (κ2) is 9.09. The van der Waals surface area contributed by atoms with E-state index in [9.17, 15) is 14.4 Å². The fourth-order valence-electron chi connectivity index (χ4n) is 1.34. The van der Waals surface area contributed by atoms with Crippen molar-refractivity contribution in [2.45, 2.75) is 20.8 Å². The summed E-state index contributed by atoms with van der Waals surface area (Å²) in [5.41, 5.74) is 0.584. The van der Waals surface area contributed by atoms with Gasteiger partial charge in [-0.2, -0.15) is 0 Å². The van der Waals surface area contributed by atoms with E-state index in [-0.39, 0.29) is 0 Å². The van der Waals surface area contributed by atoms with Crippen molar-refractivity contribution in [1.29, 1.82) is 0 Å². The molecule has 25 heavy (non-hydrogen) atoms. The summed E-state index contributed by atoms with van der Waals surface area (Å²) in [5, 5.41) is 36.6. The van der Waals surface area contributed by atoms with Crippen molar-refractivity contribution in [3.05, 3.63) is 0 Å². The monoisotopic (exact) mass is 365 g/mol. The number of rotatable bonds is 11. The number of carbonyl (C=O) groups excluding carboxylic acids is 3. The lowest BCUT2D eigenvalue weighted by atomic mass is 9.90. The van der Waals surface area contributed by atoms with Gasteiger partial charge in [-0.1, -0.05) is 0 Å². The molecule has 0 aliphatic rings. The molecule has 0 heterocycles. The third kappa shape index (κ3) is 5.63. The van der Waals surface area contributed by atoms with Gasteiger partial charge < -0.3 is 35.6 Å². The molecule has 10 nitrogen and oxygen atoms in total. The van der Waals surface area contributed by atoms with Gasteiger partial charge >= 0.3 is 11.9 Å². The van der Waals surface area contributed by atoms with E-state index < -0.39 is 73.7 Å². The van der Waals surface area contributed by atoms with Gasteiger partial charge in [0.25, 0.3) is 0 Å². The average Bonchev–Trinajstić information content (AvgIpc) is 2.62. The first-order valence-corrected chi connectivity index (χ1v) is 7.52. The Bertz CT molecular complexity index is 449. The van der Waals surface area contributed by atoms with Crippen LogP contribution in [-0.4, -0.2) is 77.9 Å². The van der Waals surface area contributed by atoms with E-state index in [4.69, 9.17) is 35.6 Å². The van der Waals surface area contributed by atoms with Crippen LogP contribution in [0.5, 0.6) is 0 Å². The van der Waals surface area contributed by atoms with Gasteiger partial charge in [0, 0.05) is 0 Å². The molecule has 1 amide bonds. The first-order valence-electron chi connectivity index (χ1n) is 7.52. The minimum atomic E-state index is -1.58. The minimum Gasteiger partial charge on any atom is -0.464 e. The van der Waals surface area contributed by atoms with Gasteiger partial charge in [-0.3, -0.25) is 14.4 Å². The number of nitrogens with two attached hydrogens (primary N) is 1. The third-order valence-electron chi connectivity index (χ3n) is 4.02. The normalized spacial score (nSPS) is 12.6. The number of hydrogen-bond donors (Lipinski definition) is 5. The number of esters is 2. The zero-order chi connectivity index (χ0) is 19.9. The van der Waals surface area contributed by atoms with Gasteiger partial charge in [0.2, 0.25) is 5.91 Å². The molecule has 0 aromatic rings. The SMILES string of the molecule is CC(COC(=O)C(C)(CO)CO)(COC(=O)C(C)(CO)CO)C(N)=O. The lowest BCUT2D eigenvalue weighted by Gasteiger charge is -2.30. The lowest BCUT2D eigenvalue weighted by Crippen LogP contribution is -2.47. The first kappa shape index (κ1) is 23.2. The molecule has 0 aliphatic heterocycles. The number of amides is 1. The molecule has 0 saturated carbocycles. The van der Waals surface area contributed by atoms with E-state index in [0.29, 0.717) is 0 Å². The van der Waals surface area contributed by atoms with Crippen molar-refractivity contribution in [1.82, 2.24) is 0 Å². The zero-order valence-electron chi connectivity index (χ0n) is 14.7. The van der Waals surface area contributed by atoms with Crippen LogP contribution in [0.2, 0.25) is 0 Å². The molecule has 0 aromatic carbocycles. The molecule has 0 atom stereocenters. The molecule has 0 bridgehead atoms. The number of hydrogen-bond acceptors (Lipinski definition) is 9. The van der Waals surface area contributed by atoms with Crippen molar-refractivity contribution in [2.75, 3.05) is 39.6 Å². The maximum atomic E-state index is 11.9. The highest BCUT2D eigenvalue weighted by atomic mass is 16.6. The summed E-state index contributed by atoms with van der Waals surface area (Å²) in [4.78, 5) is 35.5. The van der Waals surface area contributed by atoms with Gasteiger partial charge in [-0.25, -0.2) is 0 Å². The number of aliphatic hydroxyl groups is 4. The largest absolute Gasteiger partial charge is 0.464 e. The Kier molecular flexibility index (Phi) is 8.45. The van der Waals surface area contributed by atoms with E-state index in [0.717, 1.165) is 0 Å². The molecular formula is C15H27NO9. The van der Waals surface area contributed by atoms with Crippen molar-refractivity contribution >= 4 is 17.8 Å². The smallest absolute Gasteiger partial charge is 0.316 e. The quantitative estimate of drug-likeness (QED) is 0.249. The second-order valence-electron chi connectivity index (χ2n) is 6.83. The number of carbonyl (C=O) groups is 3. The highest BCUT2D eigenvalue weighted by Gasteiger charge is 2.41. The summed E-state index contributed by atoms with van der Waals surface area (Å²) in [6.07, 6.45) is 0. The topological polar surface area (TPSA) is 177 Å². The molecule has 146 valence electrons. The van der Waals surface area contributed by atoms with Crippen LogP contribution < -0.4 is 5.73 Å². The second-order valence-corrected chi connectivity index (χ2v) is 6.83. The molecule has 0 rings (SSSR count). The van der Waals surface area contributed by atoms with Gasteiger partial charge in [0.05, 0.1) is 26.4 Å². The molecule has 0 saturated heterocycles. The Morgan fingerprint density at radius 1 is 0.720 bits per heavy atom. The standard InChI is InChI=1S/C15H27NO9/c1-13(4-17,5-18)11(22)24-8-15(3,10(16)21)9-25-12(23)14(2,6-19)7-20/h17-20H,4-9H2,1-3H3,(H2,16,21). The molecular weight excluding hydrogens is 338 g/mol. The van der Waals surface area contributed by atoms with Crippen molar-refractivity contribution in [2.24, 2.45) is 22.0 Å².